The van der Waals surface area contributed by atoms with Gasteiger partial charge in [0.15, 0.2) is 12.4 Å². The van der Waals surface area contributed by atoms with Gasteiger partial charge in [-0.2, -0.15) is 0 Å². The highest BCUT2D eigenvalue weighted by Crippen LogP contribution is 2.42. The normalized spacial score (nSPS) is 10.6. The monoisotopic (exact) mass is 792 g/mol. The van der Waals surface area contributed by atoms with E-state index < -0.39 is 0 Å². The van der Waals surface area contributed by atoms with E-state index in [0.717, 1.165) is 78.1 Å². The van der Waals surface area contributed by atoms with Crippen molar-refractivity contribution in [3.8, 4) is 95.0 Å². The zero-order valence-corrected chi connectivity index (χ0v) is 33.5. The van der Waals surface area contributed by atoms with Crippen LogP contribution < -0.4 is 9.97 Å². The lowest BCUT2D eigenvalue weighted by Crippen LogP contribution is -2.08. The number of aromatic amines is 2. The Kier molecular flexibility index (Phi) is 12.0. The second-order valence-electron chi connectivity index (χ2n) is 14.2. The van der Waals surface area contributed by atoms with Crippen molar-refractivity contribution in [3.05, 3.63) is 212 Å². The van der Waals surface area contributed by atoms with Crippen molar-refractivity contribution in [2.24, 2.45) is 0 Å². The molecule has 2 aromatic heterocycles. The molecule has 7 aromatic carbocycles. The Bertz CT molecular complexity index is 2810. The maximum Gasteiger partial charge on any atom is 0.211 e. The van der Waals surface area contributed by atoms with Gasteiger partial charge in [0.25, 0.3) is 0 Å². The Morgan fingerprint density at radius 3 is 1.24 bits per heavy atom. The molecule has 0 aliphatic heterocycles. The van der Waals surface area contributed by atoms with E-state index in [0.29, 0.717) is 0 Å². The highest BCUT2D eigenvalue weighted by molar-refractivity contribution is 5.94. The van der Waals surface area contributed by atoms with Gasteiger partial charge in [0.05, 0.1) is 5.56 Å². The van der Waals surface area contributed by atoms with Crippen LogP contribution in [-0.4, -0.2) is 5.11 Å². The van der Waals surface area contributed by atoms with Gasteiger partial charge in [-0.05, 0) is 105 Å². The molecule has 0 radical (unpaired) electrons. The fourth-order valence-corrected chi connectivity index (χ4v) is 7.76. The molecule has 5 heteroatoms. The summed E-state index contributed by atoms with van der Waals surface area (Å²) in [6, 6.07) is 67.4. The number of H-pyrrole nitrogens is 2. The minimum absolute atomic E-state index is 0. The molecule has 0 saturated carbocycles. The first-order valence-corrected chi connectivity index (χ1v) is 19.0. The number of rotatable bonds is 8. The quantitative estimate of drug-likeness (QED) is 0.164. The summed E-state index contributed by atoms with van der Waals surface area (Å²) < 4.78 is 0. The van der Waals surface area contributed by atoms with Gasteiger partial charge in [-0.1, -0.05) is 140 Å². The number of phenols is 1. The minimum Gasteiger partial charge on any atom is -0.508 e. The molecular formula is C53H42Cl2N2O+2. The second-order valence-corrected chi connectivity index (χ2v) is 14.2. The number of halogens is 2. The SMILES string of the molecule is Cc1cc(-c2ccc(-c3ccccc3-c3cc(O)cc(-c4ccccc4-c4c[nH+]c(-c5ccccc5)cc4-c4ccccc4)c3)cc2)[nH+]cc1-c1ccccc1.Cl.Cl. The van der Waals surface area contributed by atoms with E-state index in [1.54, 1.807) is 0 Å². The molecule has 0 atom stereocenters. The van der Waals surface area contributed by atoms with Crippen LogP contribution in [0.25, 0.3) is 89.3 Å². The molecule has 0 bridgehead atoms. The molecule has 9 aromatic rings. The van der Waals surface area contributed by atoms with Gasteiger partial charge in [0, 0.05) is 34.4 Å². The first kappa shape index (κ1) is 39.5. The summed E-state index contributed by atoms with van der Waals surface area (Å²) in [5.41, 5.74) is 18.6. The van der Waals surface area contributed by atoms with Crippen LogP contribution in [0.1, 0.15) is 5.56 Å². The van der Waals surface area contributed by atoms with Crippen LogP contribution in [0.4, 0.5) is 0 Å². The first-order chi connectivity index (χ1) is 27.6. The number of phenolic OH excluding ortho intramolecular Hbond substituents is 1. The van der Waals surface area contributed by atoms with Crippen molar-refractivity contribution >= 4 is 24.8 Å². The molecule has 0 fully saturated rings. The molecule has 0 saturated heterocycles. The summed E-state index contributed by atoms with van der Waals surface area (Å²) in [5, 5.41) is 11.3. The van der Waals surface area contributed by atoms with Gasteiger partial charge in [-0.3, -0.25) is 0 Å². The third kappa shape index (κ3) is 8.05. The number of hydrogen-bond donors (Lipinski definition) is 1. The molecule has 3 nitrogen and oxygen atoms in total. The highest BCUT2D eigenvalue weighted by Gasteiger charge is 2.20. The highest BCUT2D eigenvalue weighted by atomic mass is 35.5. The van der Waals surface area contributed by atoms with Crippen LogP contribution in [0.15, 0.2) is 207 Å². The first-order valence-electron chi connectivity index (χ1n) is 19.0. The van der Waals surface area contributed by atoms with E-state index in [2.05, 4.69) is 199 Å². The largest absolute Gasteiger partial charge is 0.508 e. The molecule has 0 amide bonds. The molecule has 0 unspecified atom stereocenters. The Labute approximate surface area is 352 Å². The fraction of sp³-hybridized carbons (Fsp3) is 0.0189. The molecule has 0 spiro atoms. The maximum atomic E-state index is 11.3. The standard InChI is InChI=1S/C53H38N2O.2ClH/c1-36-29-52(54-34-50(36)38-17-7-3-8-18-38)41-27-25-39(26-28-41)45-21-11-12-22-46(45)42-30-43(32-44(56)31-42)47-23-13-14-24-48(47)51-35-55-53(40-19-9-4-10-20-40)33-49(51)37-15-5-2-6-16-37;;/h2-35,56H,1H3;2*1H/p+2. The summed E-state index contributed by atoms with van der Waals surface area (Å²) >= 11 is 0. The van der Waals surface area contributed by atoms with E-state index >= 15 is 0 Å². The average molecular weight is 794 g/mol. The third-order valence-electron chi connectivity index (χ3n) is 10.6. The van der Waals surface area contributed by atoms with E-state index in [1.165, 1.54) is 16.7 Å². The fourth-order valence-electron chi connectivity index (χ4n) is 7.76. The van der Waals surface area contributed by atoms with E-state index in [4.69, 9.17) is 0 Å². The van der Waals surface area contributed by atoms with E-state index in [1.807, 2.05) is 24.3 Å². The molecular weight excluding hydrogens is 752 g/mol. The molecule has 3 N–H and O–H groups in total. The number of nitrogens with one attached hydrogen (secondary N) is 2. The minimum atomic E-state index is 0. The Morgan fingerprint density at radius 2 is 0.690 bits per heavy atom. The predicted molar refractivity (Wildman–Crippen MR) is 244 cm³/mol. The molecule has 58 heavy (non-hydrogen) atoms. The molecule has 0 aliphatic carbocycles. The summed E-state index contributed by atoms with van der Waals surface area (Å²) in [4.78, 5) is 7.12. The smallest absolute Gasteiger partial charge is 0.211 e. The van der Waals surface area contributed by atoms with Crippen molar-refractivity contribution in [1.29, 1.82) is 0 Å². The molecule has 282 valence electrons. The van der Waals surface area contributed by atoms with Crippen LogP contribution in [0.5, 0.6) is 5.75 Å². The Hall–Kier alpha value is -6.78. The predicted octanol–water partition coefficient (Wildman–Crippen LogP) is 13.5. The number of aromatic nitrogens is 2. The average Bonchev–Trinajstić information content (AvgIpc) is 3.27. The lowest BCUT2D eigenvalue weighted by molar-refractivity contribution is -0.364. The van der Waals surface area contributed by atoms with Gasteiger partial charge < -0.3 is 5.11 Å². The van der Waals surface area contributed by atoms with Crippen LogP contribution in [0.3, 0.4) is 0 Å². The summed E-state index contributed by atoms with van der Waals surface area (Å²) in [5.74, 6) is 0.219. The molecule has 0 aliphatic rings. The topological polar surface area (TPSA) is 48.5 Å². The van der Waals surface area contributed by atoms with Gasteiger partial charge >= 0.3 is 0 Å². The van der Waals surface area contributed by atoms with Crippen LogP contribution >= 0.6 is 24.8 Å². The van der Waals surface area contributed by atoms with Gasteiger partial charge in [0.1, 0.15) is 5.75 Å². The zero-order chi connectivity index (χ0) is 37.8. The molecule has 9 rings (SSSR count). The van der Waals surface area contributed by atoms with Crippen molar-refractivity contribution in [2.45, 2.75) is 6.92 Å². The van der Waals surface area contributed by atoms with E-state index in [-0.39, 0.29) is 30.6 Å². The lowest BCUT2D eigenvalue weighted by Gasteiger charge is -2.16. The van der Waals surface area contributed by atoms with Crippen molar-refractivity contribution < 1.29 is 15.1 Å². The zero-order valence-electron chi connectivity index (χ0n) is 31.9. The van der Waals surface area contributed by atoms with Crippen LogP contribution in [0.2, 0.25) is 0 Å². The van der Waals surface area contributed by atoms with Gasteiger partial charge in [-0.25, -0.2) is 9.97 Å². The summed E-state index contributed by atoms with van der Waals surface area (Å²) in [7, 11) is 0. The van der Waals surface area contributed by atoms with Crippen molar-refractivity contribution in [3.63, 3.8) is 0 Å². The van der Waals surface area contributed by atoms with Gasteiger partial charge in [0.2, 0.25) is 11.4 Å². The number of benzene rings is 7. The number of hydrogen-bond acceptors (Lipinski definition) is 1. The third-order valence-corrected chi connectivity index (χ3v) is 10.6. The van der Waals surface area contributed by atoms with Crippen LogP contribution in [-0.2, 0) is 0 Å². The number of aromatic hydroxyl groups is 1. The van der Waals surface area contributed by atoms with Crippen LogP contribution in [0, 0.1) is 6.92 Å². The summed E-state index contributed by atoms with van der Waals surface area (Å²) in [6.07, 6.45) is 4.21. The van der Waals surface area contributed by atoms with E-state index in [9.17, 15) is 5.11 Å². The van der Waals surface area contributed by atoms with Crippen molar-refractivity contribution in [2.75, 3.05) is 0 Å². The van der Waals surface area contributed by atoms with Crippen molar-refractivity contribution in [1.82, 2.24) is 0 Å². The number of pyridine rings is 2. The molecule has 2 heterocycles. The Balaban J connectivity index is 0.00000256. The summed E-state index contributed by atoms with van der Waals surface area (Å²) in [6.45, 7) is 2.16. The maximum absolute atomic E-state index is 11.3. The van der Waals surface area contributed by atoms with Gasteiger partial charge in [-0.15, -0.1) is 24.8 Å². The second kappa shape index (κ2) is 17.6. The lowest BCUT2D eigenvalue weighted by atomic mass is 9.88. The Morgan fingerprint density at radius 1 is 0.310 bits per heavy atom. The number of aryl methyl sites for hydroxylation is 1.